The second-order valence-corrected chi connectivity index (χ2v) is 6.90. The summed E-state index contributed by atoms with van der Waals surface area (Å²) < 4.78 is 29.4. The molecule has 3 N–H and O–H groups in total. The normalized spacial score (nSPS) is 29.3. The number of ether oxygens (including phenoxy) is 1. The van der Waals surface area contributed by atoms with Crippen molar-refractivity contribution in [1.29, 1.82) is 0 Å². The van der Waals surface area contributed by atoms with Crippen molar-refractivity contribution < 1.29 is 18.3 Å². The number of carbonyl (C=O) groups excluding carboxylic acids is 1. The summed E-state index contributed by atoms with van der Waals surface area (Å²) in [6, 6.07) is 6.76. The molecule has 1 amide bonds. The average Bonchev–Trinajstić information content (AvgIpc) is 2.53. The van der Waals surface area contributed by atoms with Gasteiger partial charge in [0.1, 0.15) is 5.75 Å². The van der Waals surface area contributed by atoms with Gasteiger partial charge >= 0.3 is 6.61 Å². The highest BCUT2D eigenvalue weighted by molar-refractivity contribution is 5.78. The highest BCUT2D eigenvalue weighted by Crippen LogP contribution is 2.41. The largest absolute Gasteiger partial charge is 0.434 e. The van der Waals surface area contributed by atoms with E-state index in [0.717, 1.165) is 25.7 Å². The summed E-state index contributed by atoms with van der Waals surface area (Å²) in [4.78, 5) is 12.5. The molecule has 132 valence electrons. The number of halogens is 2. The van der Waals surface area contributed by atoms with Gasteiger partial charge < -0.3 is 15.8 Å². The number of hydrogen-bond acceptors (Lipinski definition) is 3. The van der Waals surface area contributed by atoms with Crippen molar-refractivity contribution in [1.82, 2.24) is 5.32 Å². The van der Waals surface area contributed by atoms with Crippen LogP contribution >= 0.6 is 0 Å². The lowest BCUT2D eigenvalue weighted by Gasteiger charge is -2.43. The van der Waals surface area contributed by atoms with Gasteiger partial charge in [-0.05, 0) is 43.6 Å². The molecule has 24 heavy (non-hydrogen) atoms. The standard InChI is InChI=1S/C18H24F2N2O2/c19-18(20)24-15-7-2-1-4-13(15)10-22-17(23)14-8-11-5-3-6-12(9-14)16(11)21/h1-2,4,7,11-12,14,16,18H,3,5-6,8-10,21H2,(H,22,23). The molecule has 2 saturated carbocycles. The molecule has 2 aliphatic carbocycles. The maximum absolute atomic E-state index is 12.5. The van der Waals surface area contributed by atoms with Crippen LogP contribution in [-0.2, 0) is 11.3 Å². The van der Waals surface area contributed by atoms with Gasteiger partial charge in [-0.2, -0.15) is 8.78 Å². The molecule has 2 unspecified atom stereocenters. The maximum atomic E-state index is 12.5. The zero-order chi connectivity index (χ0) is 17.1. The quantitative estimate of drug-likeness (QED) is 0.867. The van der Waals surface area contributed by atoms with Crippen molar-refractivity contribution >= 4 is 5.91 Å². The first-order valence-corrected chi connectivity index (χ1v) is 8.60. The zero-order valence-corrected chi connectivity index (χ0v) is 13.6. The van der Waals surface area contributed by atoms with E-state index in [1.807, 2.05) is 0 Å². The Morgan fingerprint density at radius 2 is 1.92 bits per heavy atom. The first-order valence-electron chi connectivity index (χ1n) is 8.60. The van der Waals surface area contributed by atoms with Gasteiger partial charge in [-0.1, -0.05) is 24.6 Å². The summed E-state index contributed by atoms with van der Waals surface area (Å²) in [5, 5.41) is 2.88. The Hall–Kier alpha value is -1.69. The smallest absolute Gasteiger partial charge is 0.387 e. The zero-order valence-electron chi connectivity index (χ0n) is 13.6. The van der Waals surface area contributed by atoms with Crippen LogP contribution in [0, 0.1) is 17.8 Å². The number of carbonyl (C=O) groups is 1. The van der Waals surface area contributed by atoms with Crippen LogP contribution in [0.3, 0.4) is 0 Å². The van der Waals surface area contributed by atoms with Crippen LogP contribution < -0.4 is 15.8 Å². The van der Waals surface area contributed by atoms with Crippen molar-refractivity contribution in [2.45, 2.75) is 51.3 Å². The summed E-state index contributed by atoms with van der Waals surface area (Å²) in [5.41, 5.74) is 6.81. The third kappa shape index (κ3) is 3.86. The molecule has 4 nitrogen and oxygen atoms in total. The second kappa shape index (κ2) is 7.47. The molecule has 0 saturated heterocycles. The molecule has 2 atom stereocenters. The second-order valence-electron chi connectivity index (χ2n) is 6.90. The number of amides is 1. The summed E-state index contributed by atoms with van der Waals surface area (Å²) >= 11 is 0. The molecule has 0 aliphatic heterocycles. The van der Waals surface area contributed by atoms with Crippen molar-refractivity contribution in [3.8, 4) is 5.75 Å². The number of nitrogens with one attached hydrogen (secondary N) is 1. The summed E-state index contributed by atoms with van der Waals surface area (Å²) in [6.07, 6.45) is 5.08. The first kappa shape index (κ1) is 17.1. The summed E-state index contributed by atoms with van der Waals surface area (Å²) in [6.45, 7) is -2.68. The van der Waals surface area contributed by atoms with Crippen molar-refractivity contribution in [2.75, 3.05) is 0 Å². The molecule has 6 heteroatoms. The molecule has 0 aromatic heterocycles. The third-order valence-corrected chi connectivity index (χ3v) is 5.43. The van der Waals surface area contributed by atoms with Crippen LogP contribution in [0.2, 0.25) is 0 Å². The first-order chi connectivity index (χ1) is 11.5. The Bertz CT molecular complexity index is 568. The molecule has 0 spiro atoms. The van der Waals surface area contributed by atoms with Gasteiger partial charge in [0.05, 0.1) is 0 Å². The number of benzene rings is 1. The van der Waals surface area contributed by atoms with Gasteiger partial charge in [-0.15, -0.1) is 0 Å². The predicted octanol–water partition coefficient (Wildman–Crippen LogP) is 3.06. The fourth-order valence-electron chi connectivity index (χ4n) is 4.19. The lowest BCUT2D eigenvalue weighted by molar-refractivity contribution is -0.128. The molecule has 2 bridgehead atoms. The SMILES string of the molecule is NC1C2CCCC1CC(C(=O)NCc1ccccc1OC(F)F)C2. The lowest BCUT2D eigenvalue weighted by atomic mass is 9.65. The highest BCUT2D eigenvalue weighted by atomic mass is 19.3. The minimum atomic E-state index is -2.87. The Kier molecular flexibility index (Phi) is 5.33. The summed E-state index contributed by atoms with van der Waals surface area (Å²) in [5.74, 6) is 0.940. The van der Waals surface area contributed by atoms with E-state index in [0.29, 0.717) is 17.4 Å². The van der Waals surface area contributed by atoms with Gasteiger partial charge in [0.25, 0.3) is 0 Å². The fraction of sp³-hybridized carbons (Fsp3) is 0.611. The Balaban J connectivity index is 1.58. The minimum absolute atomic E-state index is 0.00866. The summed E-state index contributed by atoms with van der Waals surface area (Å²) in [7, 11) is 0. The van der Waals surface area contributed by atoms with E-state index in [-0.39, 0.29) is 30.2 Å². The van der Waals surface area contributed by atoms with E-state index < -0.39 is 6.61 Å². The number of fused-ring (bicyclic) bond motifs is 2. The monoisotopic (exact) mass is 338 g/mol. The predicted molar refractivity (Wildman–Crippen MR) is 86.5 cm³/mol. The molecule has 0 radical (unpaired) electrons. The van der Waals surface area contributed by atoms with Gasteiger partial charge in [-0.3, -0.25) is 4.79 Å². The van der Waals surface area contributed by atoms with E-state index >= 15 is 0 Å². The Labute approximate surface area is 140 Å². The lowest BCUT2D eigenvalue weighted by Crippen LogP contribution is -2.49. The molecule has 1 aromatic carbocycles. The number of rotatable bonds is 5. The van der Waals surface area contributed by atoms with Crippen LogP contribution in [-0.4, -0.2) is 18.6 Å². The number of hydrogen-bond donors (Lipinski definition) is 2. The van der Waals surface area contributed by atoms with Crippen molar-refractivity contribution in [2.24, 2.45) is 23.5 Å². The van der Waals surface area contributed by atoms with Crippen LogP contribution in [0.1, 0.15) is 37.7 Å². The van der Waals surface area contributed by atoms with E-state index in [1.165, 1.54) is 12.5 Å². The average molecular weight is 338 g/mol. The Morgan fingerprint density at radius 3 is 2.58 bits per heavy atom. The Morgan fingerprint density at radius 1 is 1.25 bits per heavy atom. The molecule has 3 rings (SSSR count). The number of nitrogens with two attached hydrogens (primary N) is 1. The van der Waals surface area contributed by atoms with Crippen LogP contribution in [0.15, 0.2) is 24.3 Å². The molecule has 2 fully saturated rings. The van der Waals surface area contributed by atoms with E-state index in [4.69, 9.17) is 5.73 Å². The topological polar surface area (TPSA) is 64.4 Å². The number of alkyl halides is 2. The van der Waals surface area contributed by atoms with E-state index in [2.05, 4.69) is 10.1 Å². The minimum Gasteiger partial charge on any atom is -0.434 e. The maximum Gasteiger partial charge on any atom is 0.387 e. The van der Waals surface area contributed by atoms with Gasteiger partial charge in [0.2, 0.25) is 5.91 Å². The molecular weight excluding hydrogens is 314 g/mol. The van der Waals surface area contributed by atoms with Gasteiger partial charge in [0.15, 0.2) is 0 Å². The molecule has 0 heterocycles. The van der Waals surface area contributed by atoms with Crippen molar-refractivity contribution in [3.63, 3.8) is 0 Å². The molecule has 1 aromatic rings. The third-order valence-electron chi connectivity index (χ3n) is 5.43. The van der Waals surface area contributed by atoms with Gasteiger partial charge in [-0.25, -0.2) is 0 Å². The highest BCUT2D eigenvalue weighted by Gasteiger charge is 2.40. The molecular formula is C18H24F2N2O2. The van der Waals surface area contributed by atoms with Gasteiger partial charge in [0, 0.05) is 24.1 Å². The molecule has 2 aliphatic rings. The van der Waals surface area contributed by atoms with Crippen LogP contribution in [0.5, 0.6) is 5.75 Å². The van der Waals surface area contributed by atoms with Crippen molar-refractivity contribution in [3.05, 3.63) is 29.8 Å². The van der Waals surface area contributed by atoms with Crippen LogP contribution in [0.25, 0.3) is 0 Å². The van der Waals surface area contributed by atoms with E-state index in [9.17, 15) is 13.6 Å². The van der Waals surface area contributed by atoms with Crippen LogP contribution in [0.4, 0.5) is 8.78 Å². The number of para-hydroxylation sites is 1. The fourth-order valence-corrected chi connectivity index (χ4v) is 4.19. The van der Waals surface area contributed by atoms with E-state index in [1.54, 1.807) is 18.2 Å².